The van der Waals surface area contributed by atoms with Gasteiger partial charge in [-0.1, -0.05) is 0 Å². The van der Waals surface area contributed by atoms with Crippen LogP contribution in [-0.2, 0) is 0 Å². The molecule has 0 bridgehead atoms. The van der Waals surface area contributed by atoms with Crippen molar-refractivity contribution in [2.45, 2.75) is 12.5 Å². The fraction of sp³-hybridized carbons (Fsp3) is 0.400. The van der Waals surface area contributed by atoms with Crippen molar-refractivity contribution in [1.82, 2.24) is 4.98 Å². The van der Waals surface area contributed by atoms with Crippen molar-refractivity contribution < 1.29 is 9.90 Å². The Morgan fingerprint density at radius 1 is 1.73 bits per heavy atom. The Balaban J connectivity index is 2.11. The quantitative estimate of drug-likeness (QED) is 0.647. The molecule has 1 aromatic rings. The maximum atomic E-state index is 11.1. The number of primary amides is 1. The summed E-state index contributed by atoms with van der Waals surface area (Å²) >= 11 is 0. The van der Waals surface area contributed by atoms with E-state index in [1.165, 1.54) is 0 Å². The maximum absolute atomic E-state index is 11.1. The lowest BCUT2D eigenvalue weighted by atomic mass is 10.2. The van der Waals surface area contributed by atoms with Crippen LogP contribution in [0.1, 0.15) is 16.8 Å². The number of pyridine rings is 1. The lowest BCUT2D eigenvalue weighted by Gasteiger charge is -2.07. The van der Waals surface area contributed by atoms with Gasteiger partial charge in [-0.15, -0.1) is 0 Å². The number of hydrogen-bond donors (Lipinski definition) is 3. The van der Waals surface area contributed by atoms with Crippen molar-refractivity contribution in [2.24, 2.45) is 11.7 Å². The molecule has 2 atom stereocenters. The number of hydrogen-bond acceptors (Lipinski definition) is 4. The highest BCUT2D eigenvalue weighted by Crippen LogP contribution is 2.32. The Morgan fingerprint density at radius 3 is 3.13 bits per heavy atom. The van der Waals surface area contributed by atoms with Gasteiger partial charge in [0, 0.05) is 24.8 Å². The smallest absolute Gasteiger partial charge is 0.252 e. The van der Waals surface area contributed by atoms with Gasteiger partial charge in [-0.25, -0.2) is 4.98 Å². The van der Waals surface area contributed by atoms with E-state index in [4.69, 9.17) is 10.8 Å². The standard InChI is InChI=1S/C10H13N3O2/c11-9(15)7-2-1-3-12-10(7)13-8-4-6(8)5-14/h1-3,6,8,14H,4-5H2,(H2,11,15)(H,12,13). The van der Waals surface area contributed by atoms with E-state index in [0.29, 0.717) is 11.4 Å². The Hall–Kier alpha value is -1.62. The van der Waals surface area contributed by atoms with Crippen LogP contribution in [0, 0.1) is 5.92 Å². The minimum atomic E-state index is -0.494. The van der Waals surface area contributed by atoms with Gasteiger partial charge in [0.05, 0.1) is 5.56 Å². The summed E-state index contributed by atoms with van der Waals surface area (Å²) < 4.78 is 0. The second-order valence-electron chi connectivity index (χ2n) is 3.69. The van der Waals surface area contributed by atoms with Gasteiger partial charge in [-0.2, -0.15) is 0 Å². The van der Waals surface area contributed by atoms with E-state index in [0.717, 1.165) is 6.42 Å². The fourth-order valence-corrected chi connectivity index (χ4v) is 1.52. The number of aromatic nitrogens is 1. The maximum Gasteiger partial charge on any atom is 0.252 e. The van der Waals surface area contributed by atoms with Gasteiger partial charge in [0.2, 0.25) is 0 Å². The Kier molecular flexibility index (Phi) is 2.55. The molecule has 0 aliphatic heterocycles. The highest BCUT2D eigenvalue weighted by atomic mass is 16.3. The molecule has 5 heteroatoms. The van der Waals surface area contributed by atoms with Crippen LogP contribution in [0.4, 0.5) is 5.82 Å². The van der Waals surface area contributed by atoms with Gasteiger partial charge in [-0.3, -0.25) is 4.79 Å². The monoisotopic (exact) mass is 207 g/mol. The van der Waals surface area contributed by atoms with Crippen LogP contribution in [0.2, 0.25) is 0 Å². The summed E-state index contributed by atoms with van der Waals surface area (Å²) in [6.45, 7) is 0.163. The molecular weight excluding hydrogens is 194 g/mol. The normalized spacial score (nSPS) is 23.5. The van der Waals surface area contributed by atoms with E-state index in [1.807, 2.05) is 0 Å². The molecule has 4 N–H and O–H groups in total. The van der Waals surface area contributed by atoms with Gasteiger partial charge in [0.15, 0.2) is 0 Å². The molecule has 1 aromatic heterocycles. The van der Waals surface area contributed by atoms with Crippen molar-refractivity contribution in [2.75, 3.05) is 11.9 Å². The van der Waals surface area contributed by atoms with Crippen LogP contribution >= 0.6 is 0 Å². The highest BCUT2D eigenvalue weighted by molar-refractivity contribution is 5.97. The molecule has 1 fully saturated rings. The third-order valence-corrected chi connectivity index (χ3v) is 2.55. The van der Waals surface area contributed by atoms with E-state index >= 15 is 0 Å². The van der Waals surface area contributed by atoms with Crippen LogP contribution in [0.15, 0.2) is 18.3 Å². The minimum absolute atomic E-state index is 0.163. The summed E-state index contributed by atoms with van der Waals surface area (Å²) in [6.07, 6.45) is 2.51. The average Bonchev–Trinajstić information content (AvgIpc) is 2.97. The first kappa shape index (κ1) is 9.92. The first-order valence-electron chi connectivity index (χ1n) is 4.84. The number of anilines is 1. The van der Waals surface area contributed by atoms with E-state index in [9.17, 15) is 4.79 Å². The largest absolute Gasteiger partial charge is 0.396 e. The van der Waals surface area contributed by atoms with E-state index in [1.54, 1.807) is 18.3 Å². The summed E-state index contributed by atoms with van der Waals surface area (Å²) in [5.41, 5.74) is 5.60. The number of carbonyl (C=O) groups excluding carboxylic acids is 1. The SMILES string of the molecule is NC(=O)c1cccnc1NC1CC1CO. The van der Waals surface area contributed by atoms with Gasteiger partial charge in [-0.05, 0) is 18.6 Å². The molecule has 0 radical (unpaired) electrons. The van der Waals surface area contributed by atoms with E-state index in [2.05, 4.69) is 10.3 Å². The number of nitrogens with one attached hydrogen (secondary N) is 1. The molecule has 1 amide bonds. The van der Waals surface area contributed by atoms with Crippen LogP contribution in [0.3, 0.4) is 0 Å². The number of aliphatic hydroxyl groups excluding tert-OH is 1. The van der Waals surface area contributed by atoms with Crippen LogP contribution in [0.25, 0.3) is 0 Å². The lowest BCUT2D eigenvalue weighted by Crippen LogP contribution is -2.17. The topological polar surface area (TPSA) is 88.2 Å². The first-order chi connectivity index (χ1) is 7.22. The first-order valence-corrected chi connectivity index (χ1v) is 4.84. The van der Waals surface area contributed by atoms with Crippen molar-refractivity contribution in [3.05, 3.63) is 23.9 Å². The minimum Gasteiger partial charge on any atom is -0.396 e. The van der Waals surface area contributed by atoms with Crippen LogP contribution in [0.5, 0.6) is 0 Å². The number of nitrogens with two attached hydrogens (primary N) is 1. The molecule has 0 spiro atoms. The predicted molar refractivity (Wildman–Crippen MR) is 55.4 cm³/mol. The Morgan fingerprint density at radius 2 is 2.53 bits per heavy atom. The lowest BCUT2D eigenvalue weighted by molar-refractivity contribution is 0.100. The molecule has 15 heavy (non-hydrogen) atoms. The fourth-order valence-electron chi connectivity index (χ4n) is 1.52. The number of nitrogens with zero attached hydrogens (tertiary/aromatic N) is 1. The summed E-state index contributed by atoms with van der Waals surface area (Å²) in [5, 5.41) is 12.0. The molecule has 1 aliphatic carbocycles. The molecule has 1 saturated carbocycles. The number of amides is 1. The van der Waals surface area contributed by atoms with Crippen molar-refractivity contribution >= 4 is 11.7 Å². The molecule has 2 rings (SSSR count). The van der Waals surface area contributed by atoms with E-state index in [-0.39, 0.29) is 18.6 Å². The zero-order chi connectivity index (χ0) is 10.8. The molecule has 1 heterocycles. The van der Waals surface area contributed by atoms with Gasteiger partial charge >= 0.3 is 0 Å². The second kappa shape index (κ2) is 3.86. The molecule has 2 unspecified atom stereocenters. The van der Waals surface area contributed by atoms with Gasteiger partial charge in [0.1, 0.15) is 5.82 Å². The third-order valence-electron chi connectivity index (χ3n) is 2.55. The van der Waals surface area contributed by atoms with E-state index < -0.39 is 5.91 Å². The van der Waals surface area contributed by atoms with Crippen LogP contribution < -0.4 is 11.1 Å². The average molecular weight is 207 g/mol. The molecule has 1 aliphatic rings. The Labute approximate surface area is 87.3 Å². The number of carbonyl (C=O) groups is 1. The molecule has 0 saturated heterocycles. The van der Waals surface area contributed by atoms with Crippen molar-refractivity contribution in [1.29, 1.82) is 0 Å². The summed E-state index contributed by atoms with van der Waals surface area (Å²) in [7, 11) is 0. The zero-order valence-electron chi connectivity index (χ0n) is 8.18. The van der Waals surface area contributed by atoms with Crippen molar-refractivity contribution in [3.63, 3.8) is 0 Å². The second-order valence-corrected chi connectivity index (χ2v) is 3.69. The number of aliphatic hydroxyl groups is 1. The Bertz CT molecular complexity index is 381. The third kappa shape index (κ3) is 2.07. The summed E-state index contributed by atoms with van der Waals surface area (Å²) in [4.78, 5) is 15.1. The van der Waals surface area contributed by atoms with Crippen molar-refractivity contribution in [3.8, 4) is 0 Å². The highest BCUT2D eigenvalue weighted by Gasteiger charge is 2.37. The zero-order valence-corrected chi connectivity index (χ0v) is 8.18. The molecule has 80 valence electrons. The summed E-state index contributed by atoms with van der Waals surface area (Å²) in [5.74, 6) is 0.283. The number of rotatable bonds is 4. The predicted octanol–water partition coefficient (Wildman–Crippen LogP) is -0.0268. The molecule has 0 aromatic carbocycles. The molecule has 5 nitrogen and oxygen atoms in total. The van der Waals surface area contributed by atoms with Gasteiger partial charge in [0.25, 0.3) is 5.91 Å². The van der Waals surface area contributed by atoms with Gasteiger partial charge < -0.3 is 16.2 Å². The van der Waals surface area contributed by atoms with Crippen LogP contribution in [-0.4, -0.2) is 28.6 Å². The summed E-state index contributed by atoms with van der Waals surface area (Å²) in [6, 6.07) is 3.51. The molecular formula is C10H13N3O2.